The Morgan fingerprint density at radius 2 is 2.13 bits per heavy atom. The van der Waals surface area contributed by atoms with Gasteiger partial charge in [-0.3, -0.25) is 4.79 Å². The third-order valence-electron chi connectivity index (χ3n) is 6.02. The van der Waals surface area contributed by atoms with E-state index < -0.39 is 0 Å². The Balaban J connectivity index is 1.72. The fraction of sp³-hybridized carbons (Fsp3) is 0.650. The number of fused-ring (bicyclic) bond motifs is 2. The number of carbonyl (C=O) groups is 1. The van der Waals surface area contributed by atoms with Gasteiger partial charge in [0.1, 0.15) is 0 Å². The predicted octanol–water partition coefficient (Wildman–Crippen LogP) is 3.17. The molecular formula is C20H29NO2. The molecule has 23 heavy (non-hydrogen) atoms. The van der Waals surface area contributed by atoms with Crippen molar-refractivity contribution < 1.29 is 9.90 Å². The first kappa shape index (κ1) is 16.5. The Hall–Kier alpha value is -1.35. The van der Waals surface area contributed by atoms with E-state index in [1.165, 1.54) is 24.8 Å². The standard InChI is InChI=1S/C20H29NO2/c1-15(9-10-22)14-21-19(23)20(12-16-5-3-2-4-6-16)13-17-7-8-18(20)11-17/h2-6,15,17-18,22H,7-14H2,1H3,(H,21,23). The van der Waals surface area contributed by atoms with Gasteiger partial charge in [-0.1, -0.05) is 43.7 Å². The van der Waals surface area contributed by atoms with E-state index in [4.69, 9.17) is 5.11 Å². The largest absolute Gasteiger partial charge is 0.396 e. The van der Waals surface area contributed by atoms with Crippen molar-refractivity contribution in [3.05, 3.63) is 35.9 Å². The van der Waals surface area contributed by atoms with Gasteiger partial charge in [0.05, 0.1) is 5.41 Å². The van der Waals surface area contributed by atoms with Gasteiger partial charge in [0.2, 0.25) is 5.91 Å². The van der Waals surface area contributed by atoms with Gasteiger partial charge in [-0.05, 0) is 55.4 Å². The smallest absolute Gasteiger partial charge is 0.226 e. The Morgan fingerprint density at radius 1 is 1.35 bits per heavy atom. The van der Waals surface area contributed by atoms with Crippen LogP contribution in [-0.2, 0) is 11.2 Å². The molecule has 2 saturated carbocycles. The number of carbonyl (C=O) groups excluding carboxylic acids is 1. The zero-order valence-corrected chi connectivity index (χ0v) is 14.1. The second-order valence-corrected chi connectivity index (χ2v) is 7.73. The average Bonchev–Trinajstić information content (AvgIpc) is 3.15. The first-order chi connectivity index (χ1) is 11.1. The molecule has 0 spiro atoms. The minimum atomic E-state index is -0.205. The molecule has 2 fully saturated rings. The van der Waals surface area contributed by atoms with E-state index in [1.54, 1.807) is 0 Å². The lowest BCUT2D eigenvalue weighted by molar-refractivity contribution is -0.134. The van der Waals surface area contributed by atoms with Crippen molar-refractivity contribution in [3.8, 4) is 0 Å². The van der Waals surface area contributed by atoms with Crippen LogP contribution >= 0.6 is 0 Å². The average molecular weight is 315 g/mol. The molecule has 3 nitrogen and oxygen atoms in total. The Bertz CT molecular complexity index is 530. The number of amides is 1. The maximum absolute atomic E-state index is 13.1. The number of hydrogen-bond acceptors (Lipinski definition) is 2. The predicted molar refractivity (Wildman–Crippen MR) is 91.9 cm³/mol. The number of aliphatic hydroxyl groups is 1. The molecule has 3 rings (SSSR count). The zero-order chi connectivity index (χ0) is 16.3. The minimum absolute atomic E-state index is 0.191. The summed E-state index contributed by atoms with van der Waals surface area (Å²) >= 11 is 0. The van der Waals surface area contributed by atoms with Crippen molar-refractivity contribution in [1.29, 1.82) is 0 Å². The van der Waals surface area contributed by atoms with Crippen LogP contribution < -0.4 is 5.32 Å². The molecular weight excluding hydrogens is 286 g/mol. The molecule has 0 heterocycles. The lowest BCUT2D eigenvalue weighted by atomic mass is 9.68. The van der Waals surface area contributed by atoms with Crippen LogP contribution in [0.2, 0.25) is 0 Å². The van der Waals surface area contributed by atoms with Gasteiger partial charge in [0, 0.05) is 13.2 Å². The summed E-state index contributed by atoms with van der Waals surface area (Å²) in [5.41, 5.74) is 1.07. The summed E-state index contributed by atoms with van der Waals surface area (Å²) in [5.74, 6) is 1.86. The SMILES string of the molecule is CC(CCO)CNC(=O)C1(Cc2ccccc2)CC2CCC1C2. The van der Waals surface area contributed by atoms with Gasteiger partial charge in [-0.15, -0.1) is 0 Å². The molecule has 2 bridgehead atoms. The van der Waals surface area contributed by atoms with Crippen LogP contribution in [0.3, 0.4) is 0 Å². The zero-order valence-electron chi connectivity index (χ0n) is 14.1. The molecule has 3 heteroatoms. The highest BCUT2D eigenvalue weighted by Crippen LogP contribution is 2.57. The maximum Gasteiger partial charge on any atom is 0.226 e. The van der Waals surface area contributed by atoms with Crippen molar-refractivity contribution in [1.82, 2.24) is 5.32 Å². The first-order valence-electron chi connectivity index (χ1n) is 9.07. The normalized spacial score (nSPS) is 30.3. The van der Waals surface area contributed by atoms with Crippen LogP contribution in [0.5, 0.6) is 0 Å². The van der Waals surface area contributed by atoms with Gasteiger partial charge in [0.25, 0.3) is 0 Å². The van der Waals surface area contributed by atoms with Crippen molar-refractivity contribution in [3.63, 3.8) is 0 Å². The van der Waals surface area contributed by atoms with Crippen LogP contribution in [-0.4, -0.2) is 24.2 Å². The number of benzene rings is 1. The van der Waals surface area contributed by atoms with E-state index in [-0.39, 0.29) is 17.9 Å². The molecule has 2 aliphatic carbocycles. The van der Waals surface area contributed by atoms with Crippen LogP contribution in [0, 0.1) is 23.2 Å². The van der Waals surface area contributed by atoms with Crippen LogP contribution in [0.25, 0.3) is 0 Å². The molecule has 1 amide bonds. The molecule has 0 saturated heterocycles. The molecule has 2 aliphatic rings. The highest BCUT2D eigenvalue weighted by Gasteiger charge is 2.55. The monoisotopic (exact) mass is 315 g/mol. The minimum Gasteiger partial charge on any atom is -0.396 e. The topological polar surface area (TPSA) is 49.3 Å². The van der Waals surface area contributed by atoms with Crippen LogP contribution in [0.1, 0.15) is 44.6 Å². The van der Waals surface area contributed by atoms with Gasteiger partial charge in [-0.25, -0.2) is 0 Å². The molecule has 0 radical (unpaired) electrons. The fourth-order valence-corrected chi connectivity index (χ4v) is 4.74. The van der Waals surface area contributed by atoms with E-state index in [0.717, 1.165) is 25.2 Å². The second kappa shape index (κ2) is 7.04. The summed E-state index contributed by atoms with van der Waals surface area (Å²) < 4.78 is 0. The van der Waals surface area contributed by atoms with Crippen LogP contribution in [0.4, 0.5) is 0 Å². The molecule has 1 aromatic rings. The summed E-state index contributed by atoms with van der Waals surface area (Å²) in [4.78, 5) is 13.1. The van der Waals surface area contributed by atoms with Crippen molar-refractivity contribution >= 4 is 5.91 Å². The summed E-state index contributed by atoms with van der Waals surface area (Å²) in [6.07, 6.45) is 6.40. The molecule has 0 aromatic heterocycles. The Kier molecular flexibility index (Phi) is 5.05. The van der Waals surface area contributed by atoms with Gasteiger partial charge in [-0.2, -0.15) is 0 Å². The lowest BCUT2D eigenvalue weighted by Gasteiger charge is -2.37. The van der Waals surface area contributed by atoms with E-state index in [0.29, 0.717) is 18.4 Å². The first-order valence-corrected chi connectivity index (χ1v) is 9.07. The molecule has 1 aromatic carbocycles. The van der Waals surface area contributed by atoms with E-state index in [1.807, 2.05) is 6.07 Å². The molecule has 4 atom stereocenters. The van der Waals surface area contributed by atoms with Gasteiger partial charge >= 0.3 is 0 Å². The van der Waals surface area contributed by atoms with Crippen molar-refractivity contribution in [2.24, 2.45) is 23.2 Å². The van der Waals surface area contributed by atoms with Crippen molar-refractivity contribution in [2.45, 2.75) is 45.4 Å². The van der Waals surface area contributed by atoms with E-state index in [2.05, 4.69) is 36.5 Å². The fourth-order valence-electron chi connectivity index (χ4n) is 4.74. The Morgan fingerprint density at radius 3 is 2.74 bits per heavy atom. The number of nitrogens with one attached hydrogen (secondary N) is 1. The van der Waals surface area contributed by atoms with Crippen molar-refractivity contribution in [2.75, 3.05) is 13.2 Å². The maximum atomic E-state index is 13.1. The van der Waals surface area contributed by atoms with Crippen LogP contribution in [0.15, 0.2) is 30.3 Å². The number of rotatable bonds is 7. The van der Waals surface area contributed by atoms with E-state index >= 15 is 0 Å². The summed E-state index contributed by atoms with van der Waals surface area (Å²) in [7, 11) is 0. The van der Waals surface area contributed by atoms with Gasteiger partial charge < -0.3 is 10.4 Å². The highest BCUT2D eigenvalue weighted by atomic mass is 16.3. The number of aliphatic hydroxyl groups excluding tert-OH is 1. The Labute approximate surface area is 139 Å². The number of hydrogen-bond donors (Lipinski definition) is 2. The third kappa shape index (κ3) is 3.45. The summed E-state index contributed by atoms with van der Waals surface area (Å²) in [6, 6.07) is 10.5. The summed E-state index contributed by atoms with van der Waals surface area (Å²) in [5, 5.41) is 12.2. The molecule has 2 N–H and O–H groups in total. The van der Waals surface area contributed by atoms with E-state index in [9.17, 15) is 4.79 Å². The quantitative estimate of drug-likeness (QED) is 0.812. The molecule has 126 valence electrons. The highest BCUT2D eigenvalue weighted by molar-refractivity contribution is 5.84. The van der Waals surface area contributed by atoms with Gasteiger partial charge in [0.15, 0.2) is 0 Å². The summed E-state index contributed by atoms with van der Waals surface area (Å²) in [6.45, 7) is 2.95. The molecule has 4 unspecified atom stereocenters. The molecule has 0 aliphatic heterocycles. The third-order valence-corrected chi connectivity index (χ3v) is 6.02. The lowest BCUT2D eigenvalue weighted by Crippen LogP contribution is -2.47. The second-order valence-electron chi connectivity index (χ2n) is 7.73.